The number of methoxy groups -OCH3 is 1. The van der Waals surface area contributed by atoms with Crippen LogP contribution in [-0.4, -0.2) is 40.4 Å². The maximum absolute atomic E-state index is 12.6. The molecule has 7 heteroatoms. The van der Waals surface area contributed by atoms with E-state index < -0.39 is 0 Å². The molecule has 0 saturated heterocycles. The van der Waals surface area contributed by atoms with Gasteiger partial charge in [0.15, 0.2) is 0 Å². The van der Waals surface area contributed by atoms with Crippen molar-refractivity contribution in [2.75, 3.05) is 19.4 Å². The summed E-state index contributed by atoms with van der Waals surface area (Å²) < 4.78 is 11.0. The summed E-state index contributed by atoms with van der Waals surface area (Å²) in [6, 6.07) is 15.7. The molecule has 2 heterocycles. The number of ether oxygens (including phenoxy) is 1. The third-order valence-electron chi connectivity index (χ3n) is 4.55. The fraction of sp³-hybridized carbons (Fsp3) is 0.250. The molecule has 0 saturated carbocycles. The van der Waals surface area contributed by atoms with Crippen molar-refractivity contribution in [3.8, 4) is 17.2 Å². The monoisotopic (exact) mass is 381 g/mol. The molecule has 4 rings (SSSR count). The number of hydrogen-bond donors (Lipinski definition) is 0. The Labute approximate surface area is 161 Å². The zero-order valence-electron chi connectivity index (χ0n) is 14.9. The van der Waals surface area contributed by atoms with Crippen molar-refractivity contribution in [3.63, 3.8) is 0 Å². The molecule has 2 aromatic carbocycles. The van der Waals surface area contributed by atoms with E-state index in [0.717, 1.165) is 18.5 Å². The Hall–Kier alpha value is -2.80. The zero-order chi connectivity index (χ0) is 18.6. The minimum Gasteiger partial charge on any atom is -0.496 e. The molecule has 27 heavy (non-hydrogen) atoms. The van der Waals surface area contributed by atoms with Crippen molar-refractivity contribution in [3.05, 3.63) is 59.7 Å². The van der Waals surface area contributed by atoms with E-state index in [9.17, 15) is 4.79 Å². The summed E-state index contributed by atoms with van der Waals surface area (Å²) in [6.45, 7) is 1.40. The normalized spacial score (nSPS) is 13.3. The number of amides is 1. The van der Waals surface area contributed by atoms with E-state index in [-0.39, 0.29) is 11.7 Å². The van der Waals surface area contributed by atoms with Gasteiger partial charge < -0.3 is 14.1 Å². The fourth-order valence-electron chi connectivity index (χ4n) is 3.12. The van der Waals surface area contributed by atoms with Crippen LogP contribution in [0.15, 0.2) is 58.2 Å². The summed E-state index contributed by atoms with van der Waals surface area (Å²) in [4.78, 5) is 14.4. The third kappa shape index (κ3) is 3.83. The highest BCUT2D eigenvalue weighted by Crippen LogP contribution is 2.30. The van der Waals surface area contributed by atoms with Crippen LogP contribution in [0.5, 0.6) is 5.75 Å². The molecule has 0 N–H and O–H groups in total. The minimum absolute atomic E-state index is 0.0755. The maximum Gasteiger partial charge on any atom is 0.277 e. The SMILES string of the molecule is COc1ccccc1-c1nnc(SCC(=O)N2CCc3ccccc3C2)o1. The second-order valence-corrected chi connectivity index (χ2v) is 7.12. The lowest BCUT2D eigenvalue weighted by molar-refractivity contribution is -0.129. The number of carbonyl (C=O) groups is 1. The van der Waals surface area contributed by atoms with Gasteiger partial charge in [-0.25, -0.2) is 0 Å². The molecule has 0 fully saturated rings. The molecule has 0 radical (unpaired) electrons. The van der Waals surface area contributed by atoms with E-state index >= 15 is 0 Å². The Morgan fingerprint density at radius 3 is 2.78 bits per heavy atom. The van der Waals surface area contributed by atoms with Crippen LogP contribution in [0.1, 0.15) is 11.1 Å². The quantitative estimate of drug-likeness (QED) is 0.631. The summed E-state index contributed by atoms with van der Waals surface area (Å²) in [5.41, 5.74) is 3.28. The Kier molecular flexibility index (Phi) is 5.11. The summed E-state index contributed by atoms with van der Waals surface area (Å²) in [5.74, 6) is 1.40. The van der Waals surface area contributed by atoms with Crippen molar-refractivity contribution in [1.29, 1.82) is 0 Å². The topological polar surface area (TPSA) is 68.5 Å². The second-order valence-electron chi connectivity index (χ2n) is 6.20. The van der Waals surface area contributed by atoms with Gasteiger partial charge >= 0.3 is 0 Å². The molecule has 0 bridgehead atoms. The van der Waals surface area contributed by atoms with E-state index in [1.54, 1.807) is 7.11 Å². The number of carbonyl (C=O) groups excluding carboxylic acids is 1. The number of fused-ring (bicyclic) bond motifs is 1. The standard InChI is InChI=1S/C20H19N3O3S/c1-25-17-9-5-4-8-16(17)19-21-22-20(26-19)27-13-18(24)23-11-10-14-6-2-3-7-15(14)12-23/h2-9H,10-13H2,1H3. The number of aromatic nitrogens is 2. The molecule has 1 aliphatic heterocycles. The van der Waals surface area contributed by atoms with Gasteiger partial charge in [0, 0.05) is 13.1 Å². The van der Waals surface area contributed by atoms with Crippen LogP contribution in [0.3, 0.4) is 0 Å². The van der Waals surface area contributed by atoms with Crippen molar-refractivity contribution in [2.45, 2.75) is 18.2 Å². The minimum atomic E-state index is 0.0755. The van der Waals surface area contributed by atoms with E-state index in [1.165, 1.54) is 22.9 Å². The first kappa shape index (κ1) is 17.6. The number of para-hydroxylation sites is 1. The molecule has 1 amide bonds. The Morgan fingerprint density at radius 2 is 1.93 bits per heavy atom. The molecule has 1 aromatic heterocycles. The van der Waals surface area contributed by atoms with Crippen LogP contribution in [-0.2, 0) is 17.8 Å². The average Bonchev–Trinajstić information content (AvgIpc) is 3.20. The van der Waals surface area contributed by atoms with Crippen molar-refractivity contribution in [2.24, 2.45) is 0 Å². The van der Waals surface area contributed by atoms with Crippen molar-refractivity contribution >= 4 is 17.7 Å². The Balaban J connectivity index is 1.38. The zero-order valence-corrected chi connectivity index (χ0v) is 15.7. The molecule has 6 nitrogen and oxygen atoms in total. The van der Waals surface area contributed by atoms with E-state index in [4.69, 9.17) is 9.15 Å². The molecular formula is C20H19N3O3S. The number of nitrogens with zero attached hydrogens (tertiary/aromatic N) is 3. The van der Waals surface area contributed by atoms with E-state index in [1.807, 2.05) is 41.3 Å². The lowest BCUT2D eigenvalue weighted by Gasteiger charge is -2.28. The van der Waals surface area contributed by atoms with E-state index in [2.05, 4.69) is 22.3 Å². The molecular weight excluding hydrogens is 362 g/mol. The van der Waals surface area contributed by atoms with Crippen LogP contribution >= 0.6 is 11.8 Å². The molecule has 0 unspecified atom stereocenters. The van der Waals surface area contributed by atoms with Crippen molar-refractivity contribution in [1.82, 2.24) is 15.1 Å². The van der Waals surface area contributed by atoms with E-state index in [0.29, 0.717) is 23.4 Å². The molecule has 3 aromatic rings. The van der Waals surface area contributed by atoms with Gasteiger partial charge in [-0.15, -0.1) is 10.2 Å². The van der Waals surface area contributed by atoms with Gasteiger partial charge in [-0.2, -0.15) is 0 Å². The predicted molar refractivity (Wildman–Crippen MR) is 103 cm³/mol. The molecule has 0 spiro atoms. The van der Waals surface area contributed by atoms with Gasteiger partial charge in [0.05, 0.1) is 18.4 Å². The molecule has 0 aliphatic carbocycles. The molecule has 1 aliphatic rings. The first-order valence-corrected chi connectivity index (χ1v) is 9.67. The molecule has 138 valence electrons. The third-order valence-corrected chi connectivity index (χ3v) is 5.35. The van der Waals surface area contributed by atoms with Gasteiger partial charge in [-0.05, 0) is 29.7 Å². The summed E-state index contributed by atoms with van der Waals surface area (Å²) in [5, 5.41) is 8.49. The number of hydrogen-bond acceptors (Lipinski definition) is 6. The van der Waals surface area contributed by atoms with Crippen LogP contribution in [0.25, 0.3) is 11.5 Å². The average molecular weight is 381 g/mol. The van der Waals surface area contributed by atoms with Crippen LogP contribution in [0.2, 0.25) is 0 Å². The van der Waals surface area contributed by atoms with Gasteiger partial charge in [-0.1, -0.05) is 48.2 Å². The number of benzene rings is 2. The predicted octanol–water partition coefficient (Wildman–Crippen LogP) is 3.42. The summed E-state index contributed by atoms with van der Waals surface area (Å²) in [6.07, 6.45) is 0.894. The van der Waals surface area contributed by atoms with Crippen LogP contribution in [0.4, 0.5) is 0 Å². The number of rotatable bonds is 5. The Bertz CT molecular complexity index is 957. The fourth-order valence-corrected chi connectivity index (χ4v) is 3.79. The second kappa shape index (κ2) is 7.84. The van der Waals surface area contributed by atoms with Gasteiger partial charge in [-0.3, -0.25) is 4.79 Å². The van der Waals surface area contributed by atoms with Gasteiger partial charge in [0.25, 0.3) is 11.1 Å². The lowest BCUT2D eigenvalue weighted by Crippen LogP contribution is -2.37. The highest BCUT2D eigenvalue weighted by Gasteiger charge is 2.21. The van der Waals surface area contributed by atoms with Gasteiger partial charge in [0.1, 0.15) is 5.75 Å². The smallest absolute Gasteiger partial charge is 0.277 e. The first-order chi connectivity index (χ1) is 13.2. The largest absolute Gasteiger partial charge is 0.496 e. The summed E-state index contributed by atoms with van der Waals surface area (Å²) >= 11 is 1.26. The maximum atomic E-state index is 12.6. The molecule has 0 atom stereocenters. The Morgan fingerprint density at radius 1 is 1.15 bits per heavy atom. The van der Waals surface area contributed by atoms with Gasteiger partial charge in [0.2, 0.25) is 5.91 Å². The first-order valence-electron chi connectivity index (χ1n) is 8.69. The summed E-state index contributed by atoms with van der Waals surface area (Å²) in [7, 11) is 1.60. The highest BCUT2D eigenvalue weighted by atomic mass is 32.2. The van der Waals surface area contributed by atoms with Crippen LogP contribution < -0.4 is 4.74 Å². The highest BCUT2D eigenvalue weighted by molar-refractivity contribution is 7.99. The number of thioether (sulfide) groups is 1. The lowest BCUT2D eigenvalue weighted by atomic mass is 10.00. The van der Waals surface area contributed by atoms with Crippen LogP contribution in [0, 0.1) is 0 Å². The van der Waals surface area contributed by atoms with Crippen molar-refractivity contribution < 1.29 is 13.9 Å².